The van der Waals surface area contributed by atoms with Crippen LogP contribution in [-0.4, -0.2) is 42.6 Å². The van der Waals surface area contributed by atoms with Crippen molar-refractivity contribution in [2.75, 3.05) is 13.7 Å². The highest BCUT2D eigenvalue weighted by Gasteiger charge is 2.28. The van der Waals surface area contributed by atoms with Crippen molar-refractivity contribution in [3.05, 3.63) is 170 Å². The van der Waals surface area contributed by atoms with Gasteiger partial charge in [-0.25, -0.2) is 17.9 Å². The number of nitrogens with one attached hydrogen (secondary N) is 1. The second-order valence-electron chi connectivity index (χ2n) is 12.3. The third-order valence-electron chi connectivity index (χ3n) is 9.07. The average molecular weight is 738 g/mol. The molecule has 1 heterocycles. The van der Waals surface area contributed by atoms with Gasteiger partial charge in [0.25, 0.3) is 5.69 Å². The number of aromatic carboxylic acids is 1. The average Bonchev–Trinajstić information content (AvgIpc) is 3.43. The number of methoxy groups -OCH3 is 1. The summed E-state index contributed by atoms with van der Waals surface area (Å²) in [6.45, 7) is -0.0461. The van der Waals surface area contributed by atoms with Crippen LogP contribution in [0, 0.1) is 10.1 Å². The summed E-state index contributed by atoms with van der Waals surface area (Å²) in [4.78, 5) is 22.0. The minimum atomic E-state index is -4.30. The number of carboxylic acids is 1. The first kappa shape index (κ1) is 36.3. The van der Waals surface area contributed by atoms with Gasteiger partial charge in [0.1, 0.15) is 5.75 Å². The van der Waals surface area contributed by atoms with Crippen molar-refractivity contribution in [2.24, 2.45) is 0 Å². The molecule has 0 unspecified atom stereocenters. The van der Waals surface area contributed by atoms with Gasteiger partial charge in [0.15, 0.2) is 4.90 Å². The third-order valence-corrected chi connectivity index (χ3v) is 10.8. The zero-order valence-electron chi connectivity index (χ0n) is 28.2. The maximum Gasteiger partial charge on any atom is 0.335 e. The van der Waals surface area contributed by atoms with Crippen molar-refractivity contribution in [3.63, 3.8) is 0 Å². The molecule has 1 aromatic heterocycles. The predicted molar refractivity (Wildman–Crippen MR) is 201 cm³/mol. The Labute approximate surface area is 306 Å². The Morgan fingerprint density at radius 2 is 1.54 bits per heavy atom. The fourth-order valence-electron chi connectivity index (χ4n) is 6.67. The van der Waals surface area contributed by atoms with E-state index in [9.17, 15) is 28.4 Å². The molecular weight excluding hydrogens is 702 g/mol. The van der Waals surface area contributed by atoms with Gasteiger partial charge in [0.05, 0.1) is 29.7 Å². The predicted octanol–water partition coefficient (Wildman–Crippen LogP) is 8.24. The molecule has 0 aliphatic carbocycles. The molecule has 6 rings (SSSR count). The van der Waals surface area contributed by atoms with E-state index < -0.39 is 31.5 Å². The monoisotopic (exact) mass is 737 g/mol. The highest BCUT2D eigenvalue weighted by atomic mass is 35.5. The first-order valence-corrected chi connectivity index (χ1v) is 18.5. The van der Waals surface area contributed by atoms with Crippen LogP contribution in [0.1, 0.15) is 50.8 Å². The Balaban J connectivity index is 1.43. The smallest absolute Gasteiger partial charge is 0.335 e. The second kappa shape index (κ2) is 15.8. The summed E-state index contributed by atoms with van der Waals surface area (Å²) in [5.41, 5.74) is 5.51. The highest BCUT2D eigenvalue weighted by Crippen LogP contribution is 2.38. The van der Waals surface area contributed by atoms with E-state index >= 15 is 0 Å². The lowest BCUT2D eigenvalue weighted by Gasteiger charge is -2.25. The molecule has 5 aromatic carbocycles. The number of nitrogens with zero attached hydrogens (tertiary/aromatic N) is 2. The zero-order valence-corrected chi connectivity index (χ0v) is 29.8. The van der Waals surface area contributed by atoms with Gasteiger partial charge < -0.3 is 14.4 Å². The van der Waals surface area contributed by atoms with Crippen LogP contribution < -0.4 is 9.46 Å². The minimum absolute atomic E-state index is 0.0461. The Kier molecular flexibility index (Phi) is 11.0. The number of nitro benzene ring substituents is 1. The molecule has 10 nitrogen and oxygen atoms in total. The summed E-state index contributed by atoms with van der Waals surface area (Å²) in [6.07, 6.45) is 2.28. The third kappa shape index (κ3) is 7.86. The van der Waals surface area contributed by atoms with Crippen LogP contribution in [0.15, 0.2) is 126 Å². The SMILES string of the molecule is COc1ccc(S(=O)(=O)NCCc2c(CCCc3ccc(C(=O)O)cc3)c3cc(Cl)ccc3n2C(c2ccccc2)c2ccccc2)c([N+](=O)[O-])c1. The summed E-state index contributed by atoms with van der Waals surface area (Å²) in [5.74, 6) is -0.811. The Morgan fingerprint density at radius 1 is 0.885 bits per heavy atom. The molecule has 0 saturated heterocycles. The number of carboxylic acid groups (broad SMARTS) is 1. The van der Waals surface area contributed by atoms with Gasteiger partial charge in [-0.3, -0.25) is 10.1 Å². The number of aromatic nitrogens is 1. The summed E-state index contributed by atoms with van der Waals surface area (Å²) < 4.78 is 37.1. The fourth-order valence-corrected chi connectivity index (χ4v) is 8.03. The van der Waals surface area contributed by atoms with Crippen molar-refractivity contribution < 1.29 is 28.0 Å². The van der Waals surface area contributed by atoms with Crippen LogP contribution in [0.5, 0.6) is 5.75 Å². The molecule has 0 amide bonds. The Hall–Kier alpha value is -5.49. The molecule has 266 valence electrons. The number of halogens is 1. The molecule has 2 N–H and O–H groups in total. The normalized spacial score (nSPS) is 11.6. The number of hydrogen-bond acceptors (Lipinski definition) is 6. The van der Waals surface area contributed by atoms with E-state index in [1.807, 2.05) is 66.7 Å². The quantitative estimate of drug-likeness (QED) is 0.0799. The van der Waals surface area contributed by atoms with Crippen molar-refractivity contribution in [2.45, 2.75) is 36.6 Å². The standard InChI is InChI=1S/C40H36ClN3O7S/c1-51-32-20-22-38(37(26-32)44(47)48)52(49,50)42-24-23-36-33(14-8-9-27-15-17-30(18-16-27)40(45)46)34-25-31(41)19-21-35(34)43(36)39(28-10-4-2-5-11-28)29-12-6-3-7-13-29/h2-7,10-13,15-22,25-26,39,42H,8-9,14,23-24H2,1H3,(H,45,46). The Bertz CT molecular complexity index is 2290. The van der Waals surface area contributed by atoms with Crippen LogP contribution in [-0.2, 0) is 29.3 Å². The number of benzene rings is 5. The maximum atomic E-state index is 13.6. The van der Waals surface area contributed by atoms with Gasteiger partial charge in [-0.05, 0) is 84.0 Å². The first-order chi connectivity index (χ1) is 25.1. The molecule has 0 radical (unpaired) electrons. The van der Waals surface area contributed by atoms with E-state index in [4.69, 9.17) is 16.3 Å². The fraction of sp³-hybridized carbons (Fsp3) is 0.175. The first-order valence-electron chi connectivity index (χ1n) is 16.6. The van der Waals surface area contributed by atoms with Crippen LogP contribution in [0.3, 0.4) is 0 Å². The Morgan fingerprint density at radius 3 is 2.13 bits per heavy atom. The van der Waals surface area contributed by atoms with Gasteiger partial charge in [0, 0.05) is 34.6 Å². The number of nitro groups is 1. The molecule has 0 spiro atoms. The minimum Gasteiger partial charge on any atom is -0.497 e. The number of carbonyl (C=O) groups is 1. The number of fused-ring (bicyclic) bond motifs is 1. The molecule has 0 saturated carbocycles. The van der Waals surface area contributed by atoms with Crippen molar-refractivity contribution in [1.29, 1.82) is 0 Å². The van der Waals surface area contributed by atoms with E-state index in [2.05, 4.69) is 33.6 Å². The second-order valence-corrected chi connectivity index (χ2v) is 14.4. The molecule has 0 atom stereocenters. The number of hydrogen-bond donors (Lipinski definition) is 2. The van der Waals surface area contributed by atoms with Gasteiger partial charge in [-0.15, -0.1) is 0 Å². The number of ether oxygens (including phenoxy) is 1. The van der Waals surface area contributed by atoms with Crippen LogP contribution >= 0.6 is 11.6 Å². The molecule has 0 bridgehead atoms. The van der Waals surface area contributed by atoms with Crippen LogP contribution in [0.25, 0.3) is 10.9 Å². The van der Waals surface area contributed by atoms with Crippen LogP contribution in [0.4, 0.5) is 5.69 Å². The summed E-state index contributed by atoms with van der Waals surface area (Å²) in [7, 11) is -2.95. The lowest BCUT2D eigenvalue weighted by Crippen LogP contribution is -2.28. The highest BCUT2D eigenvalue weighted by molar-refractivity contribution is 7.89. The molecule has 12 heteroatoms. The van der Waals surface area contributed by atoms with Gasteiger partial charge in [-0.2, -0.15) is 0 Å². The summed E-state index contributed by atoms with van der Waals surface area (Å²) in [6, 6.07) is 36.1. The number of sulfonamides is 1. The van der Waals surface area contributed by atoms with Crippen molar-refractivity contribution in [3.8, 4) is 5.75 Å². The molecule has 0 aliphatic rings. The lowest BCUT2D eigenvalue weighted by molar-refractivity contribution is -0.387. The molecule has 6 aromatic rings. The van der Waals surface area contributed by atoms with E-state index in [-0.39, 0.29) is 30.3 Å². The largest absolute Gasteiger partial charge is 0.497 e. The molecule has 0 fully saturated rings. The molecular formula is C40H36ClN3O7S. The topological polar surface area (TPSA) is 141 Å². The van der Waals surface area contributed by atoms with Gasteiger partial charge >= 0.3 is 5.97 Å². The maximum absolute atomic E-state index is 13.6. The van der Waals surface area contributed by atoms with Crippen molar-refractivity contribution >= 4 is 44.2 Å². The van der Waals surface area contributed by atoms with Gasteiger partial charge in [-0.1, -0.05) is 84.4 Å². The lowest BCUT2D eigenvalue weighted by atomic mass is 9.97. The number of aryl methyl sites for hydroxylation is 2. The van der Waals surface area contributed by atoms with E-state index in [1.54, 1.807) is 12.1 Å². The summed E-state index contributed by atoms with van der Waals surface area (Å²) in [5, 5.41) is 22.7. The molecule has 52 heavy (non-hydrogen) atoms. The van der Waals surface area contributed by atoms with Crippen molar-refractivity contribution in [1.82, 2.24) is 9.29 Å². The van der Waals surface area contributed by atoms with E-state index in [0.717, 1.165) is 51.3 Å². The van der Waals surface area contributed by atoms with E-state index in [1.165, 1.54) is 19.2 Å². The van der Waals surface area contributed by atoms with Gasteiger partial charge in [0.2, 0.25) is 10.0 Å². The zero-order chi connectivity index (χ0) is 36.8. The van der Waals surface area contributed by atoms with Crippen LogP contribution in [0.2, 0.25) is 5.02 Å². The van der Waals surface area contributed by atoms with E-state index in [0.29, 0.717) is 17.9 Å². The summed E-state index contributed by atoms with van der Waals surface area (Å²) >= 11 is 6.62. The molecule has 0 aliphatic heterocycles. The number of rotatable bonds is 15.